The van der Waals surface area contributed by atoms with Crippen molar-refractivity contribution < 1.29 is 14.6 Å². The second-order valence-electron chi connectivity index (χ2n) is 7.18. The van der Waals surface area contributed by atoms with Gasteiger partial charge < -0.3 is 24.9 Å². The van der Waals surface area contributed by atoms with E-state index in [4.69, 9.17) is 9.47 Å². The number of aryl methyl sites for hydroxylation is 1. The van der Waals surface area contributed by atoms with Crippen molar-refractivity contribution in [3.05, 3.63) is 72.3 Å². The Bertz CT molecular complexity index is 1090. The Hall–Kier alpha value is -3.02. The zero-order valence-corrected chi connectivity index (χ0v) is 16.5. The fraction of sp³-hybridized carbons (Fsp3) is 0.250. The van der Waals surface area contributed by atoms with Crippen LogP contribution in [0.3, 0.4) is 0 Å². The normalized spacial score (nSPS) is 12.3. The summed E-state index contributed by atoms with van der Waals surface area (Å²) >= 11 is 0. The van der Waals surface area contributed by atoms with Gasteiger partial charge in [0.15, 0.2) is 0 Å². The number of ether oxygens (including phenoxy) is 2. The molecule has 1 atom stereocenters. The maximum absolute atomic E-state index is 10.2. The van der Waals surface area contributed by atoms with Gasteiger partial charge in [-0.1, -0.05) is 42.5 Å². The lowest BCUT2D eigenvalue weighted by molar-refractivity contribution is 0.106. The summed E-state index contributed by atoms with van der Waals surface area (Å²) in [6.07, 6.45) is -0.603. The summed E-state index contributed by atoms with van der Waals surface area (Å²) in [5.41, 5.74) is 3.21. The van der Waals surface area contributed by atoms with Gasteiger partial charge in [-0.2, -0.15) is 0 Å². The molecule has 0 aliphatic rings. The van der Waals surface area contributed by atoms with Crippen LogP contribution < -0.4 is 14.8 Å². The molecule has 0 spiro atoms. The number of benzene rings is 3. The van der Waals surface area contributed by atoms with Gasteiger partial charge >= 0.3 is 0 Å². The number of nitrogens with one attached hydrogen (secondary N) is 2. The summed E-state index contributed by atoms with van der Waals surface area (Å²) in [5, 5.41) is 15.7. The third-order valence-corrected chi connectivity index (χ3v) is 4.85. The Balaban J connectivity index is 1.25. The van der Waals surface area contributed by atoms with E-state index in [-0.39, 0.29) is 6.61 Å². The first-order valence-corrected chi connectivity index (χ1v) is 9.91. The van der Waals surface area contributed by atoms with Crippen molar-refractivity contribution in [2.24, 2.45) is 0 Å². The number of para-hydroxylation sites is 2. The average Bonchev–Trinajstić information content (AvgIpc) is 3.11. The van der Waals surface area contributed by atoms with Gasteiger partial charge in [-0.15, -0.1) is 0 Å². The van der Waals surface area contributed by atoms with Crippen LogP contribution in [-0.2, 0) is 0 Å². The van der Waals surface area contributed by atoms with E-state index in [1.807, 2.05) is 55.5 Å². The summed E-state index contributed by atoms with van der Waals surface area (Å²) in [6.45, 7) is 3.91. The molecule has 1 unspecified atom stereocenters. The number of rotatable bonds is 9. The van der Waals surface area contributed by atoms with Gasteiger partial charge in [-0.25, -0.2) is 0 Å². The molecule has 0 fully saturated rings. The van der Waals surface area contributed by atoms with E-state index in [1.54, 1.807) is 0 Å². The zero-order chi connectivity index (χ0) is 20.1. The van der Waals surface area contributed by atoms with E-state index in [0.29, 0.717) is 19.7 Å². The molecule has 0 saturated heterocycles. The van der Waals surface area contributed by atoms with Gasteiger partial charge in [-0.3, -0.25) is 0 Å². The molecule has 4 aromatic rings. The Labute approximate surface area is 170 Å². The minimum atomic E-state index is -0.603. The molecule has 0 bridgehead atoms. The van der Waals surface area contributed by atoms with Crippen molar-refractivity contribution in [2.75, 3.05) is 26.3 Å². The Kier molecular flexibility index (Phi) is 5.98. The van der Waals surface area contributed by atoms with Crippen LogP contribution in [0.2, 0.25) is 0 Å². The fourth-order valence-corrected chi connectivity index (χ4v) is 3.43. The predicted molar refractivity (Wildman–Crippen MR) is 117 cm³/mol. The van der Waals surface area contributed by atoms with Crippen molar-refractivity contribution in [1.82, 2.24) is 10.3 Å². The molecule has 29 heavy (non-hydrogen) atoms. The summed E-state index contributed by atoms with van der Waals surface area (Å²) in [7, 11) is 0. The van der Waals surface area contributed by atoms with Crippen molar-refractivity contribution in [3.8, 4) is 11.5 Å². The number of aromatic amines is 1. The van der Waals surface area contributed by atoms with Crippen LogP contribution in [-0.4, -0.2) is 42.5 Å². The van der Waals surface area contributed by atoms with Crippen molar-refractivity contribution in [2.45, 2.75) is 13.0 Å². The molecule has 1 heterocycles. The molecule has 0 amide bonds. The largest absolute Gasteiger partial charge is 0.492 e. The lowest BCUT2D eigenvalue weighted by atomic mass is 10.1. The van der Waals surface area contributed by atoms with Gasteiger partial charge in [0.25, 0.3) is 0 Å². The standard InChI is InChI=1S/C24H26N2O3/c1-17-6-4-7-19(14-17)28-13-12-25-15-18(27)16-29-23-11-5-9-21-20-8-2-3-10-22(20)26-24(21)23/h2-11,14,18,25-27H,12-13,15-16H2,1H3. The summed E-state index contributed by atoms with van der Waals surface area (Å²) in [4.78, 5) is 3.41. The van der Waals surface area contributed by atoms with E-state index < -0.39 is 6.10 Å². The molecule has 0 aliphatic carbocycles. The van der Waals surface area contributed by atoms with Crippen molar-refractivity contribution >= 4 is 21.8 Å². The highest BCUT2D eigenvalue weighted by atomic mass is 16.5. The second kappa shape index (κ2) is 8.99. The molecule has 0 aliphatic heterocycles. The van der Waals surface area contributed by atoms with Crippen LogP contribution in [0, 0.1) is 6.92 Å². The number of aromatic nitrogens is 1. The van der Waals surface area contributed by atoms with Gasteiger partial charge in [0.2, 0.25) is 0 Å². The number of fused-ring (bicyclic) bond motifs is 3. The van der Waals surface area contributed by atoms with Crippen LogP contribution in [0.25, 0.3) is 21.8 Å². The molecule has 150 valence electrons. The molecule has 0 saturated carbocycles. The maximum Gasteiger partial charge on any atom is 0.143 e. The molecule has 3 aromatic carbocycles. The van der Waals surface area contributed by atoms with E-state index in [1.165, 1.54) is 10.9 Å². The van der Waals surface area contributed by atoms with E-state index in [0.717, 1.165) is 27.9 Å². The van der Waals surface area contributed by atoms with E-state index in [9.17, 15) is 5.11 Å². The highest BCUT2D eigenvalue weighted by molar-refractivity contribution is 6.09. The van der Waals surface area contributed by atoms with Gasteiger partial charge in [0, 0.05) is 29.4 Å². The molecule has 3 N–H and O–H groups in total. The minimum absolute atomic E-state index is 0.222. The SMILES string of the molecule is Cc1cccc(OCCNCC(O)COc2cccc3c2[nH]c2ccccc23)c1. The summed E-state index contributed by atoms with van der Waals surface area (Å²) in [6, 6.07) is 22.1. The maximum atomic E-state index is 10.2. The van der Waals surface area contributed by atoms with Crippen LogP contribution in [0.5, 0.6) is 11.5 Å². The summed E-state index contributed by atoms with van der Waals surface area (Å²) in [5.74, 6) is 1.61. The topological polar surface area (TPSA) is 66.5 Å². The van der Waals surface area contributed by atoms with Crippen LogP contribution >= 0.6 is 0 Å². The monoisotopic (exact) mass is 390 g/mol. The number of H-pyrrole nitrogens is 1. The average molecular weight is 390 g/mol. The lowest BCUT2D eigenvalue weighted by Crippen LogP contribution is -2.33. The number of hydrogen-bond acceptors (Lipinski definition) is 4. The third-order valence-electron chi connectivity index (χ3n) is 4.85. The molecular weight excluding hydrogens is 364 g/mol. The molecular formula is C24H26N2O3. The van der Waals surface area contributed by atoms with Gasteiger partial charge in [0.05, 0.1) is 5.52 Å². The Morgan fingerprint density at radius 2 is 1.79 bits per heavy atom. The number of hydrogen-bond donors (Lipinski definition) is 3. The number of aliphatic hydroxyl groups excluding tert-OH is 1. The first kappa shape index (κ1) is 19.3. The molecule has 1 aromatic heterocycles. The van der Waals surface area contributed by atoms with Crippen molar-refractivity contribution in [3.63, 3.8) is 0 Å². The fourth-order valence-electron chi connectivity index (χ4n) is 3.43. The van der Waals surface area contributed by atoms with Crippen LogP contribution in [0.1, 0.15) is 5.56 Å². The van der Waals surface area contributed by atoms with Crippen LogP contribution in [0.15, 0.2) is 66.7 Å². The van der Waals surface area contributed by atoms with Crippen molar-refractivity contribution in [1.29, 1.82) is 0 Å². The second-order valence-corrected chi connectivity index (χ2v) is 7.18. The first-order valence-electron chi connectivity index (χ1n) is 9.91. The predicted octanol–water partition coefficient (Wildman–Crippen LogP) is 4.04. The van der Waals surface area contributed by atoms with E-state index in [2.05, 4.69) is 28.5 Å². The Morgan fingerprint density at radius 3 is 2.69 bits per heavy atom. The van der Waals surface area contributed by atoms with E-state index >= 15 is 0 Å². The van der Waals surface area contributed by atoms with Gasteiger partial charge in [-0.05, 0) is 36.8 Å². The third kappa shape index (κ3) is 4.70. The van der Waals surface area contributed by atoms with Crippen LogP contribution in [0.4, 0.5) is 0 Å². The zero-order valence-electron chi connectivity index (χ0n) is 16.5. The first-order chi connectivity index (χ1) is 14.2. The highest BCUT2D eigenvalue weighted by Gasteiger charge is 2.10. The smallest absolute Gasteiger partial charge is 0.143 e. The van der Waals surface area contributed by atoms with Gasteiger partial charge in [0.1, 0.15) is 30.8 Å². The molecule has 5 nitrogen and oxygen atoms in total. The molecule has 4 rings (SSSR count). The minimum Gasteiger partial charge on any atom is -0.492 e. The lowest BCUT2D eigenvalue weighted by Gasteiger charge is -2.14. The molecule has 5 heteroatoms. The highest BCUT2D eigenvalue weighted by Crippen LogP contribution is 2.31. The number of aliphatic hydroxyl groups is 1. The summed E-state index contributed by atoms with van der Waals surface area (Å²) < 4.78 is 11.6. The quantitative estimate of drug-likeness (QED) is 0.378. The molecule has 0 radical (unpaired) electrons. The Morgan fingerprint density at radius 1 is 0.966 bits per heavy atom.